The number of amides is 1. The number of ether oxygens (including phenoxy) is 1. The van der Waals surface area contributed by atoms with Crippen molar-refractivity contribution >= 4 is 12.1 Å². The van der Waals surface area contributed by atoms with Crippen molar-refractivity contribution in [2.45, 2.75) is 26.0 Å². The van der Waals surface area contributed by atoms with Gasteiger partial charge in [0.15, 0.2) is 0 Å². The summed E-state index contributed by atoms with van der Waals surface area (Å²) in [4.78, 5) is 23.1. The molecule has 1 amide bonds. The lowest BCUT2D eigenvalue weighted by molar-refractivity contribution is -0.139. The van der Waals surface area contributed by atoms with Gasteiger partial charge in [-0.25, -0.2) is 9.59 Å². The highest BCUT2D eigenvalue weighted by molar-refractivity contribution is 5.80. The Morgan fingerprint density at radius 1 is 1.09 bits per heavy atom. The highest BCUT2D eigenvalue weighted by Gasteiger charge is 2.21. The molecule has 2 rings (SSSR count). The Kier molecular flexibility index (Phi) is 5.74. The van der Waals surface area contributed by atoms with E-state index in [0.717, 1.165) is 16.7 Å². The summed E-state index contributed by atoms with van der Waals surface area (Å²) >= 11 is 0. The minimum absolute atomic E-state index is 0.101. The van der Waals surface area contributed by atoms with E-state index in [9.17, 15) is 14.7 Å². The average molecular weight is 313 g/mol. The maximum Gasteiger partial charge on any atom is 0.408 e. The topological polar surface area (TPSA) is 75.6 Å². The molecule has 1 atom stereocenters. The number of aliphatic carboxylic acids is 1. The molecule has 23 heavy (non-hydrogen) atoms. The van der Waals surface area contributed by atoms with Crippen LogP contribution in [-0.4, -0.2) is 23.2 Å². The number of aryl methyl sites for hydroxylation is 1. The Hall–Kier alpha value is -2.82. The number of rotatable bonds is 6. The van der Waals surface area contributed by atoms with Crippen molar-refractivity contribution in [3.05, 3.63) is 71.3 Å². The molecule has 0 aliphatic carbocycles. The van der Waals surface area contributed by atoms with Gasteiger partial charge in [-0.3, -0.25) is 0 Å². The zero-order valence-corrected chi connectivity index (χ0v) is 12.9. The van der Waals surface area contributed by atoms with Crippen LogP contribution in [0.2, 0.25) is 0 Å². The number of carboxylic acid groups (broad SMARTS) is 1. The summed E-state index contributed by atoms with van der Waals surface area (Å²) in [7, 11) is 0. The molecule has 5 nitrogen and oxygen atoms in total. The normalized spacial score (nSPS) is 11.5. The number of carbonyl (C=O) groups excluding carboxylic acids is 1. The van der Waals surface area contributed by atoms with Crippen molar-refractivity contribution in [3.63, 3.8) is 0 Å². The predicted molar refractivity (Wildman–Crippen MR) is 86.1 cm³/mol. The predicted octanol–water partition coefficient (Wildman–Crippen LogP) is 2.92. The smallest absolute Gasteiger partial charge is 0.408 e. The van der Waals surface area contributed by atoms with Crippen LogP contribution in [0, 0.1) is 6.92 Å². The van der Waals surface area contributed by atoms with Gasteiger partial charge in [-0.1, -0.05) is 60.2 Å². The first-order valence-corrected chi connectivity index (χ1v) is 7.30. The molecule has 120 valence electrons. The van der Waals surface area contributed by atoms with Crippen molar-refractivity contribution in [3.8, 4) is 0 Å². The Bertz CT molecular complexity index is 670. The second-order valence-electron chi connectivity index (χ2n) is 5.29. The zero-order valence-electron chi connectivity index (χ0n) is 12.9. The fraction of sp³-hybridized carbons (Fsp3) is 0.222. The SMILES string of the molecule is Cc1cccc(CC(NC(=O)OCc2ccccc2)C(=O)O)c1. The molecule has 0 bridgehead atoms. The van der Waals surface area contributed by atoms with Gasteiger partial charge in [-0.15, -0.1) is 0 Å². The van der Waals surface area contributed by atoms with Crippen LogP contribution in [0.5, 0.6) is 0 Å². The third-order valence-electron chi connectivity index (χ3n) is 3.33. The highest BCUT2D eigenvalue weighted by Crippen LogP contribution is 2.08. The van der Waals surface area contributed by atoms with Crippen molar-refractivity contribution in [2.24, 2.45) is 0 Å². The second kappa shape index (κ2) is 7.98. The standard InChI is InChI=1S/C18H19NO4/c1-13-6-5-9-15(10-13)11-16(17(20)21)19-18(22)23-12-14-7-3-2-4-8-14/h2-10,16H,11-12H2,1H3,(H,19,22)(H,20,21). The van der Waals surface area contributed by atoms with E-state index >= 15 is 0 Å². The van der Waals surface area contributed by atoms with Gasteiger partial charge in [0.05, 0.1) is 0 Å². The number of nitrogens with one attached hydrogen (secondary N) is 1. The van der Waals surface area contributed by atoms with E-state index in [4.69, 9.17) is 4.74 Å². The first-order chi connectivity index (χ1) is 11.0. The van der Waals surface area contributed by atoms with Crippen LogP contribution >= 0.6 is 0 Å². The summed E-state index contributed by atoms with van der Waals surface area (Å²) < 4.78 is 5.06. The first kappa shape index (κ1) is 16.5. The van der Waals surface area contributed by atoms with Gasteiger partial charge in [0, 0.05) is 6.42 Å². The van der Waals surface area contributed by atoms with E-state index in [1.54, 1.807) is 0 Å². The van der Waals surface area contributed by atoms with Crippen LogP contribution in [-0.2, 0) is 22.6 Å². The molecule has 0 aromatic heterocycles. The highest BCUT2D eigenvalue weighted by atomic mass is 16.5. The lowest BCUT2D eigenvalue weighted by Gasteiger charge is -2.15. The Morgan fingerprint density at radius 3 is 2.43 bits per heavy atom. The maximum atomic E-state index is 11.8. The van der Waals surface area contributed by atoms with Crippen molar-refractivity contribution in [1.82, 2.24) is 5.32 Å². The molecule has 0 heterocycles. The summed E-state index contributed by atoms with van der Waals surface area (Å²) in [6.45, 7) is 2.03. The van der Waals surface area contributed by atoms with Gasteiger partial charge in [0.25, 0.3) is 0 Å². The molecule has 2 N–H and O–H groups in total. The van der Waals surface area contributed by atoms with Crippen LogP contribution in [0.4, 0.5) is 4.79 Å². The number of benzene rings is 2. The van der Waals surface area contributed by atoms with Crippen molar-refractivity contribution in [2.75, 3.05) is 0 Å². The van der Waals surface area contributed by atoms with E-state index in [1.807, 2.05) is 61.5 Å². The Balaban J connectivity index is 1.91. The third-order valence-corrected chi connectivity index (χ3v) is 3.33. The molecule has 0 fully saturated rings. The summed E-state index contributed by atoms with van der Waals surface area (Å²) in [5.41, 5.74) is 2.73. The molecule has 1 unspecified atom stereocenters. The maximum absolute atomic E-state index is 11.8. The summed E-state index contributed by atoms with van der Waals surface area (Å²) in [6, 6.07) is 15.7. The molecular formula is C18H19NO4. The van der Waals surface area contributed by atoms with Crippen LogP contribution in [0.3, 0.4) is 0 Å². The number of hydrogen-bond acceptors (Lipinski definition) is 3. The van der Waals surface area contributed by atoms with Gasteiger partial charge in [0.2, 0.25) is 0 Å². The molecule has 0 saturated carbocycles. The minimum Gasteiger partial charge on any atom is -0.480 e. The molecule has 0 aliphatic rings. The monoisotopic (exact) mass is 313 g/mol. The molecule has 2 aromatic rings. The number of hydrogen-bond donors (Lipinski definition) is 2. The van der Waals surface area contributed by atoms with Crippen LogP contribution in [0.1, 0.15) is 16.7 Å². The summed E-state index contributed by atoms with van der Waals surface area (Å²) in [5, 5.41) is 11.7. The van der Waals surface area contributed by atoms with E-state index in [1.165, 1.54) is 0 Å². The summed E-state index contributed by atoms with van der Waals surface area (Å²) in [5.74, 6) is -1.09. The van der Waals surface area contributed by atoms with E-state index in [-0.39, 0.29) is 13.0 Å². The number of carbonyl (C=O) groups is 2. The van der Waals surface area contributed by atoms with Gasteiger partial charge >= 0.3 is 12.1 Å². The lowest BCUT2D eigenvalue weighted by atomic mass is 10.0. The van der Waals surface area contributed by atoms with Crippen molar-refractivity contribution < 1.29 is 19.4 Å². The second-order valence-corrected chi connectivity index (χ2v) is 5.29. The molecular weight excluding hydrogens is 294 g/mol. The van der Waals surface area contributed by atoms with E-state index < -0.39 is 18.1 Å². The average Bonchev–Trinajstić information content (AvgIpc) is 2.53. The van der Waals surface area contributed by atoms with Gasteiger partial charge in [-0.2, -0.15) is 0 Å². The molecule has 0 radical (unpaired) electrons. The van der Waals surface area contributed by atoms with E-state index in [0.29, 0.717) is 0 Å². The Labute approximate surface area is 134 Å². The van der Waals surface area contributed by atoms with Crippen LogP contribution in [0.25, 0.3) is 0 Å². The fourth-order valence-electron chi connectivity index (χ4n) is 2.18. The molecule has 0 saturated heterocycles. The van der Waals surface area contributed by atoms with Crippen LogP contribution in [0.15, 0.2) is 54.6 Å². The third kappa shape index (κ3) is 5.47. The summed E-state index contributed by atoms with van der Waals surface area (Å²) in [6.07, 6.45) is -0.536. The molecule has 2 aromatic carbocycles. The minimum atomic E-state index is -1.09. The van der Waals surface area contributed by atoms with Crippen LogP contribution < -0.4 is 5.32 Å². The number of carboxylic acids is 1. The zero-order chi connectivity index (χ0) is 16.7. The van der Waals surface area contributed by atoms with Gasteiger partial charge in [-0.05, 0) is 18.1 Å². The molecule has 5 heteroatoms. The molecule has 0 spiro atoms. The number of alkyl carbamates (subject to hydrolysis) is 1. The molecule has 0 aliphatic heterocycles. The lowest BCUT2D eigenvalue weighted by Crippen LogP contribution is -2.42. The van der Waals surface area contributed by atoms with Crippen molar-refractivity contribution in [1.29, 1.82) is 0 Å². The van der Waals surface area contributed by atoms with Gasteiger partial charge in [0.1, 0.15) is 12.6 Å². The largest absolute Gasteiger partial charge is 0.480 e. The Morgan fingerprint density at radius 2 is 1.78 bits per heavy atom. The van der Waals surface area contributed by atoms with Gasteiger partial charge < -0.3 is 15.2 Å². The fourth-order valence-corrected chi connectivity index (χ4v) is 2.18. The quantitative estimate of drug-likeness (QED) is 0.860. The van der Waals surface area contributed by atoms with E-state index in [2.05, 4.69) is 5.32 Å². The first-order valence-electron chi connectivity index (χ1n) is 7.30.